The molecule has 3 nitrogen and oxygen atoms in total. The summed E-state index contributed by atoms with van der Waals surface area (Å²) in [6, 6.07) is 12.1. The number of ether oxygens (including phenoxy) is 1. The molecule has 0 unspecified atom stereocenters. The van der Waals surface area contributed by atoms with E-state index in [0.717, 1.165) is 5.69 Å². The van der Waals surface area contributed by atoms with Gasteiger partial charge in [0.15, 0.2) is 0 Å². The number of anilines is 2. The predicted octanol–water partition coefficient (Wildman–Crippen LogP) is 3.60. The minimum absolute atomic E-state index is 0.0452. The van der Waals surface area contributed by atoms with Crippen molar-refractivity contribution in [1.29, 1.82) is 0 Å². The fourth-order valence-electron chi connectivity index (χ4n) is 1.80. The molecular formula is C15H15FN2OS. The quantitative estimate of drug-likeness (QED) is 0.826. The molecule has 0 atom stereocenters. The molecule has 0 aliphatic rings. The van der Waals surface area contributed by atoms with E-state index in [4.69, 9.17) is 22.7 Å². The molecule has 0 aliphatic heterocycles. The SMILES string of the molecule is CCOc1ccccc1Nc1ccc(C(N)=S)c(F)c1. The number of hydrogen-bond donors (Lipinski definition) is 2. The average molecular weight is 290 g/mol. The Balaban J connectivity index is 2.26. The molecule has 5 heteroatoms. The lowest BCUT2D eigenvalue weighted by Crippen LogP contribution is -2.11. The van der Waals surface area contributed by atoms with Gasteiger partial charge in [0.1, 0.15) is 16.6 Å². The van der Waals surface area contributed by atoms with E-state index in [9.17, 15) is 4.39 Å². The van der Waals surface area contributed by atoms with E-state index in [0.29, 0.717) is 18.0 Å². The minimum Gasteiger partial charge on any atom is -0.492 e. The minimum atomic E-state index is -0.448. The molecule has 104 valence electrons. The summed E-state index contributed by atoms with van der Waals surface area (Å²) < 4.78 is 19.3. The molecule has 0 aromatic heterocycles. The first-order valence-electron chi connectivity index (χ1n) is 6.20. The highest BCUT2D eigenvalue weighted by Gasteiger charge is 2.07. The van der Waals surface area contributed by atoms with Gasteiger partial charge in [-0.3, -0.25) is 0 Å². The predicted molar refractivity (Wildman–Crippen MR) is 83.2 cm³/mol. The molecule has 0 fully saturated rings. The normalized spacial score (nSPS) is 10.1. The lowest BCUT2D eigenvalue weighted by Gasteiger charge is -2.12. The molecule has 2 rings (SSSR count). The number of thiocarbonyl (C=S) groups is 1. The van der Waals surface area contributed by atoms with Gasteiger partial charge in [0.25, 0.3) is 0 Å². The van der Waals surface area contributed by atoms with E-state index in [2.05, 4.69) is 5.32 Å². The van der Waals surface area contributed by atoms with Gasteiger partial charge in [0, 0.05) is 11.3 Å². The Hall–Kier alpha value is -2.14. The highest BCUT2D eigenvalue weighted by Crippen LogP contribution is 2.28. The maximum Gasteiger partial charge on any atom is 0.142 e. The second-order valence-electron chi connectivity index (χ2n) is 4.11. The first-order valence-corrected chi connectivity index (χ1v) is 6.61. The first kappa shape index (κ1) is 14.3. The van der Waals surface area contributed by atoms with Gasteiger partial charge < -0.3 is 15.8 Å². The third kappa shape index (κ3) is 3.24. The molecule has 0 bridgehead atoms. The van der Waals surface area contributed by atoms with Crippen molar-refractivity contribution in [3.05, 3.63) is 53.8 Å². The zero-order valence-electron chi connectivity index (χ0n) is 11.0. The smallest absolute Gasteiger partial charge is 0.142 e. The molecular weight excluding hydrogens is 275 g/mol. The van der Waals surface area contributed by atoms with Crippen LogP contribution in [0.25, 0.3) is 0 Å². The summed E-state index contributed by atoms with van der Waals surface area (Å²) in [5.41, 5.74) is 7.05. The number of rotatable bonds is 5. The summed E-state index contributed by atoms with van der Waals surface area (Å²) in [4.78, 5) is 0.0452. The number of para-hydroxylation sites is 2. The third-order valence-electron chi connectivity index (χ3n) is 2.70. The monoisotopic (exact) mass is 290 g/mol. The van der Waals surface area contributed by atoms with Gasteiger partial charge in [-0.2, -0.15) is 0 Å². The number of nitrogens with two attached hydrogens (primary N) is 1. The van der Waals surface area contributed by atoms with Crippen LogP contribution in [0.3, 0.4) is 0 Å². The van der Waals surface area contributed by atoms with Gasteiger partial charge in [-0.15, -0.1) is 0 Å². The van der Waals surface area contributed by atoms with Crippen molar-refractivity contribution in [1.82, 2.24) is 0 Å². The van der Waals surface area contributed by atoms with Gasteiger partial charge >= 0.3 is 0 Å². The van der Waals surface area contributed by atoms with Crippen LogP contribution in [0, 0.1) is 5.82 Å². The fourth-order valence-corrected chi connectivity index (χ4v) is 1.97. The zero-order valence-corrected chi connectivity index (χ0v) is 11.8. The standard InChI is InChI=1S/C15H15FN2OS/c1-2-19-14-6-4-3-5-13(14)18-10-7-8-11(15(17)20)12(16)9-10/h3-9,18H,2H2,1H3,(H2,17,20). The molecule has 0 heterocycles. The van der Waals surface area contributed by atoms with Crippen LogP contribution < -0.4 is 15.8 Å². The van der Waals surface area contributed by atoms with Crippen LogP contribution in [0.5, 0.6) is 5.75 Å². The van der Waals surface area contributed by atoms with Crippen molar-refractivity contribution >= 4 is 28.6 Å². The van der Waals surface area contributed by atoms with Crippen molar-refractivity contribution < 1.29 is 9.13 Å². The topological polar surface area (TPSA) is 47.3 Å². The Morgan fingerprint density at radius 3 is 2.70 bits per heavy atom. The van der Waals surface area contributed by atoms with Gasteiger partial charge in [-0.05, 0) is 37.3 Å². The molecule has 2 aromatic rings. The first-order chi connectivity index (χ1) is 9.61. The Kier molecular flexibility index (Phi) is 4.53. The molecule has 0 spiro atoms. The average Bonchev–Trinajstić information content (AvgIpc) is 2.41. The Morgan fingerprint density at radius 1 is 1.30 bits per heavy atom. The second-order valence-corrected chi connectivity index (χ2v) is 4.55. The molecule has 0 aliphatic carbocycles. The molecule has 0 saturated carbocycles. The van der Waals surface area contributed by atoms with Crippen LogP contribution in [0.15, 0.2) is 42.5 Å². The van der Waals surface area contributed by atoms with Crippen molar-refractivity contribution in [3.63, 3.8) is 0 Å². The lowest BCUT2D eigenvalue weighted by molar-refractivity contribution is 0.342. The molecule has 2 aromatic carbocycles. The molecule has 0 radical (unpaired) electrons. The molecule has 3 N–H and O–H groups in total. The Bertz CT molecular complexity index is 631. The summed E-state index contributed by atoms with van der Waals surface area (Å²) in [6.07, 6.45) is 0. The van der Waals surface area contributed by atoms with E-state index in [1.165, 1.54) is 6.07 Å². The van der Waals surface area contributed by atoms with Crippen molar-refractivity contribution in [2.45, 2.75) is 6.92 Å². The number of halogens is 1. The fraction of sp³-hybridized carbons (Fsp3) is 0.133. The number of nitrogens with one attached hydrogen (secondary N) is 1. The van der Waals surface area contributed by atoms with Crippen molar-refractivity contribution in [3.8, 4) is 5.75 Å². The van der Waals surface area contributed by atoms with Crippen LogP contribution >= 0.6 is 12.2 Å². The second kappa shape index (κ2) is 6.34. The van der Waals surface area contributed by atoms with E-state index >= 15 is 0 Å². The molecule has 0 saturated heterocycles. The highest BCUT2D eigenvalue weighted by molar-refractivity contribution is 7.80. The van der Waals surface area contributed by atoms with Crippen LogP contribution in [-0.4, -0.2) is 11.6 Å². The van der Waals surface area contributed by atoms with Crippen LogP contribution in [0.4, 0.5) is 15.8 Å². The highest BCUT2D eigenvalue weighted by atomic mass is 32.1. The summed E-state index contributed by atoms with van der Waals surface area (Å²) in [7, 11) is 0. The van der Waals surface area contributed by atoms with Gasteiger partial charge in [0.05, 0.1) is 12.3 Å². The van der Waals surface area contributed by atoms with E-state index in [-0.39, 0.29) is 10.6 Å². The Labute approximate surface area is 122 Å². The van der Waals surface area contributed by atoms with Crippen LogP contribution in [0.2, 0.25) is 0 Å². The lowest BCUT2D eigenvalue weighted by atomic mass is 10.2. The van der Waals surface area contributed by atoms with Gasteiger partial charge in [-0.25, -0.2) is 4.39 Å². The summed E-state index contributed by atoms with van der Waals surface area (Å²) in [5, 5.41) is 3.12. The number of benzene rings is 2. The van der Waals surface area contributed by atoms with Gasteiger partial charge in [0.2, 0.25) is 0 Å². The van der Waals surface area contributed by atoms with Crippen molar-refractivity contribution in [2.75, 3.05) is 11.9 Å². The maximum absolute atomic E-state index is 13.8. The van der Waals surface area contributed by atoms with Crippen LogP contribution in [0.1, 0.15) is 12.5 Å². The zero-order chi connectivity index (χ0) is 14.5. The molecule has 20 heavy (non-hydrogen) atoms. The van der Waals surface area contributed by atoms with E-state index in [1.54, 1.807) is 12.1 Å². The maximum atomic E-state index is 13.8. The van der Waals surface area contributed by atoms with Crippen molar-refractivity contribution in [2.24, 2.45) is 5.73 Å². The van der Waals surface area contributed by atoms with E-state index < -0.39 is 5.82 Å². The summed E-state index contributed by atoms with van der Waals surface area (Å²) >= 11 is 4.78. The Morgan fingerprint density at radius 2 is 2.05 bits per heavy atom. The number of hydrogen-bond acceptors (Lipinski definition) is 3. The van der Waals surface area contributed by atoms with E-state index in [1.807, 2.05) is 31.2 Å². The molecule has 0 amide bonds. The van der Waals surface area contributed by atoms with Crippen LogP contribution in [-0.2, 0) is 0 Å². The third-order valence-corrected chi connectivity index (χ3v) is 2.92. The van der Waals surface area contributed by atoms with Gasteiger partial charge in [-0.1, -0.05) is 24.4 Å². The largest absolute Gasteiger partial charge is 0.492 e. The summed E-state index contributed by atoms with van der Waals surface area (Å²) in [6.45, 7) is 2.47. The summed E-state index contributed by atoms with van der Waals surface area (Å²) in [5.74, 6) is 0.269.